The molecule has 9 aromatic rings. The largest absolute Gasteiger partial charge is 0.507 e. The average molecular weight is 605 g/mol. The van der Waals surface area contributed by atoms with E-state index < -0.39 is 0 Å². The van der Waals surface area contributed by atoms with E-state index in [0.29, 0.717) is 11.4 Å². The molecular formula is C42H28N4O. The Morgan fingerprint density at radius 2 is 1.15 bits per heavy atom. The maximum atomic E-state index is 11.8. The normalized spacial score (nSPS) is 11.5. The number of hydrogen-bond acceptors (Lipinski definition) is 3. The number of pyridine rings is 1. The van der Waals surface area contributed by atoms with E-state index in [1.54, 1.807) is 0 Å². The van der Waals surface area contributed by atoms with Crippen molar-refractivity contribution in [3.05, 3.63) is 164 Å². The summed E-state index contributed by atoms with van der Waals surface area (Å²) in [5.41, 5.74) is 10.5. The minimum absolute atomic E-state index is 0.170. The molecule has 3 heterocycles. The van der Waals surface area contributed by atoms with Gasteiger partial charge in [0.2, 0.25) is 0 Å². The van der Waals surface area contributed by atoms with Crippen LogP contribution < -0.4 is 0 Å². The zero-order chi connectivity index (χ0) is 31.3. The Bertz CT molecular complexity index is 2570. The maximum Gasteiger partial charge on any atom is 0.149 e. The van der Waals surface area contributed by atoms with E-state index in [-0.39, 0.29) is 5.75 Å². The number of aromatic nitrogens is 4. The molecule has 0 atom stereocenters. The van der Waals surface area contributed by atoms with E-state index in [9.17, 15) is 5.11 Å². The van der Waals surface area contributed by atoms with Crippen LogP contribution >= 0.6 is 0 Å². The highest BCUT2D eigenvalue weighted by molar-refractivity contribution is 6.11. The first kappa shape index (κ1) is 26.9. The Hall–Kier alpha value is -6.46. The van der Waals surface area contributed by atoms with Gasteiger partial charge in [0.15, 0.2) is 0 Å². The molecule has 0 saturated heterocycles. The Labute approximate surface area is 271 Å². The molecule has 6 aromatic carbocycles. The van der Waals surface area contributed by atoms with Crippen molar-refractivity contribution < 1.29 is 5.11 Å². The van der Waals surface area contributed by atoms with Gasteiger partial charge >= 0.3 is 0 Å². The third-order valence-corrected chi connectivity index (χ3v) is 8.88. The Balaban J connectivity index is 1.31. The van der Waals surface area contributed by atoms with Gasteiger partial charge in [0.1, 0.15) is 11.6 Å². The maximum absolute atomic E-state index is 11.8. The van der Waals surface area contributed by atoms with Crippen molar-refractivity contribution in [3.8, 4) is 50.9 Å². The molecule has 0 aliphatic rings. The number of imidazole rings is 1. The Morgan fingerprint density at radius 1 is 0.468 bits per heavy atom. The van der Waals surface area contributed by atoms with Crippen LogP contribution in [0.25, 0.3) is 78.0 Å². The van der Waals surface area contributed by atoms with Crippen molar-refractivity contribution in [2.75, 3.05) is 0 Å². The van der Waals surface area contributed by atoms with E-state index in [1.807, 2.05) is 66.9 Å². The molecular weight excluding hydrogens is 576 g/mol. The van der Waals surface area contributed by atoms with Crippen molar-refractivity contribution in [2.24, 2.45) is 0 Å². The number of phenols is 1. The molecule has 5 nitrogen and oxygen atoms in total. The van der Waals surface area contributed by atoms with Gasteiger partial charge < -0.3 is 9.67 Å². The van der Waals surface area contributed by atoms with Crippen LogP contribution in [0.2, 0.25) is 0 Å². The van der Waals surface area contributed by atoms with Crippen LogP contribution in [0.4, 0.5) is 0 Å². The summed E-state index contributed by atoms with van der Waals surface area (Å²) in [6, 6.07) is 53.5. The van der Waals surface area contributed by atoms with Gasteiger partial charge in [0, 0.05) is 45.5 Å². The summed E-state index contributed by atoms with van der Waals surface area (Å²) >= 11 is 0. The number of fused-ring (bicyclic) bond motifs is 4. The summed E-state index contributed by atoms with van der Waals surface area (Å²) in [7, 11) is 0. The van der Waals surface area contributed by atoms with Gasteiger partial charge in [0.05, 0.1) is 33.3 Å². The topological polar surface area (TPSA) is 55.9 Å². The van der Waals surface area contributed by atoms with Crippen LogP contribution in [0.5, 0.6) is 5.75 Å². The molecule has 1 N–H and O–H groups in total. The number of nitrogens with zero attached hydrogens (tertiary/aromatic N) is 4. The van der Waals surface area contributed by atoms with Crippen molar-refractivity contribution in [1.82, 2.24) is 19.1 Å². The summed E-state index contributed by atoms with van der Waals surface area (Å²) in [5, 5.41) is 14.0. The van der Waals surface area contributed by atoms with Crippen LogP contribution in [0.15, 0.2) is 164 Å². The minimum atomic E-state index is 0.170. The SMILES string of the molecule is Oc1cc2c(cc1-c1nc3c(-c4cccc(-c5ccccn5)c4)cccc3n1-c1ccccc1)c1ccccc1n2-c1ccccc1. The lowest BCUT2D eigenvalue weighted by Crippen LogP contribution is -1.98. The van der Waals surface area contributed by atoms with Gasteiger partial charge in [-0.15, -0.1) is 0 Å². The first-order valence-corrected chi connectivity index (χ1v) is 15.7. The lowest BCUT2D eigenvalue weighted by atomic mass is 10.0. The van der Waals surface area contributed by atoms with Crippen LogP contribution in [0.3, 0.4) is 0 Å². The van der Waals surface area contributed by atoms with E-state index in [0.717, 1.165) is 66.6 Å². The molecule has 0 aliphatic carbocycles. The van der Waals surface area contributed by atoms with Crippen LogP contribution in [0, 0.1) is 0 Å². The van der Waals surface area contributed by atoms with Gasteiger partial charge in [-0.1, -0.05) is 91.0 Å². The first-order valence-electron chi connectivity index (χ1n) is 15.7. The number of aromatic hydroxyl groups is 1. The van der Waals surface area contributed by atoms with Gasteiger partial charge in [-0.05, 0) is 66.2 Å². The monoisotopic (exact) mass is 604 g/mol. The predicted octanol–water partition coefficient (Wildman–Crippen LogP) is 10.2. The molecule has 0 unspecified atom stereocenters. The summed E-state index contributed by atoms with van der Waals surface area (Å²) in [6.07, 6.45) is 1.82. The smallest absolute Gasteiger partial charge is 0.149 e. The second-order valence-electron chi connectivity index (χ2n) is 11.7. The lowest BCUT2D eigenvalue weighted by molar-refractivity contribution is 0.477. The van der Waals surface area contributed by atoms with E-state index in [4.69, 9.17) is 4.98 Å². The summed E-state index contributed by atoms with van der Waals surface area (Å²) in [5.74, 6) is 0.846. The molecule has 47 heavy (non-hydrogen) atoms. The highest BCUT2D eigenvalue weighted by atomic mass is 16.3. The molecule has 0 spiro atoms. The second kappa shape index (κ2) is 10.9. The lowest BCUT2D eigenvalue weighted by Gasteiger charge is -2.12. The fourth-order valence-electron chi connectivity index (χ4n) is 6.77. The predicted molar refractivity (Wildman–Crippen MR) is 191 cm³/mol. The third kappa shape index (κ3) is 4.40. The van der Waals surface area contributed by atoms with Crippen LogP contribution in [-0.4, -0.2) is 24.2 Å². The number of para-hydroxylation sites is 4. The summed E-state index contributed by atoms with van der Waals surface area (Å²) in [6.45, 7) is 0. The second-order valence-corrected chi connectivity index (χ2v) is 11.7. The molecule has 0 radical (unpaired) electrons. The fourth-order valence-corrected chi connectivity index (χ4v) is 6.77. The summed E-state index contributed by atoms with van der Waals surface area (Å²) < 4.78 is 4.36. The number of rotatable bonds is 5. The van der Waals surface area contributed by atoms with Crippen molar-refractivity contribution >= 4 is 32.8 Å². The highest BCUT2D eigenvalue weighted by Gasteiger charge is 2.22. The summed E-state index contributed by atoms with van der Waals surface area (Å²) in [4.78, 5) is 9.90. The molecule has 9 rings (SSSR count). The number of benzene rings is 6. The van der Waals surface area contributed by atoms with Crippen LogP contribution in [0.1, 0.15) is 0 Å². The van der Waals surface area contributed by atoms with Crippen molar-refractivity contribution in [2.45, 2.75) is 0 Å². The number of hydrogen-bond donors (Lipinski definition) is 1. The van der Waals surface area contributed by atoms with Gasteiger partial charge in [-0.2, -0.15) is 0 Å². The van der Waals surface area contributed by atoms with Crippen molar-refractivity contribution in [3.63, 3.8) is 0 Å². The van der Waals surface area contributed by atoms with E-state index in [2.05, 4.69) is 111 Å². The van der Waals surface area contributed by atoms with Crippen LogP contribution in [-0.2, 0) is 0 Å². The van der Waals surface area contributed by atoms with E-state index >= 15 is 0 Å². The standard InChI is InChI=1S/C42H28N4O/c47-40-27-39-34(33-19-7-8-22-37(33)45(39)30-15-3-1-4-16-30)26-35(40)42-44-41-32(20-12-23-38(41)46(42)31-17-5-2-6-18-31)28-13-11-14-29(25-28)36-21-9-10-24-43-36/h1-27,47H. The molecule has 0 fully saturated rings. The average Bonchev–Trinajstić information content (AvgIpc) is 3.68. The molecule has 0 aliphatic heterocycles. The number of phenolic OH excluding ortho intramolecular Hbond substituents is 1. The van der Waals surface area contributed by atoms with Gasteiger partial charge in [0.25, 0.3) is 0 Å². The molecule has 0 amide bonds. The Morgan fingerprint density at radius 3 is 1.94 bits per heavy atom. The Kier molecular flexibility index (Phi) is 6.22. The zero-order valence-corrected chi connectivity index (χ0v) is 25.3. The quantitative estimate of drug-likeness (QED) is 0.213. The zero-order valence-electron chi connectivity index (χ0n) is 25.3. The van der Waals surface area contributed by atoms with Gasteiger partial charge in [-0.25, -0.2) is 4.98 Å². The molecule has 222 valence electrons. The molecule has 0 bridgehead atoms. The van der Waals surface area contributed by atoms with Crippen molar-refractivity contribution in [1.29, 1.82) is 0 Å². The fraction of sp³-hybridized carbons (Fsp3) is 0. The third-order valence-electron chi connectivity index (χ3n) is 8.88. The first-order chi connectivity index (χ1) is 23.2. The minimum Gasteiger partial charge on any atom is -0.507 e. The van der Waals surface area contributed by atoms with Gasteiger partial charge in [-0.3, -0.25) is 9.55 Å². The highest BCUT2D eigenvalue weighted by Crippen LogP contribution is 2.42. The molecule has 5 heteroatoms. The molecule has 0 saturated carbocycles. The molecule has 3 aromatic heterocycles. The van der Waals surface area contributed by atoms with E-state index in [1.165, 1.54) is 0 Å².